The highest BCUT2D eigenvalue weighted by atomic mass is 16.4. The van der Waals surface area contributed by atoms with E-state index in [0.29, 0.717) is 5.92 Å². The molecule has 2 rings (SSSR count). The molecule has 2 saturated carbocycles. The fraction of sp³-hybridized carbons (Fsp3) is 1.00. The maximum atomic E-state index is 9.95. The van der Waals surface area contributed by atoms with E-state index >= 15 is 0 Å². The van der Waals surface area contributed by atoms with Gasteiger partial charge in [0.2, 0.25) is 0 Å². The zero-order chi connectivity index (χ0) is 10.0. The molecule has 0 radical (unpaired) electrons. The Bertz CT molecular complexity index is 232. The van der Waals surface area contributed by atoms with Crippen LogP contribution in [0.2, 0.25) is 0 Å². The number of hydrogen-bond donors (Lipinski definition) is 3. The van der Waals surface area contributed by atoms with Gasteiger partial charge in [0.05, 0.1) is 11.7 Å². The molecule has 0 amide bonds. The molecule has 0 aliphatic heterocycles. The van der Waals surface area contributed by atoms with Gasteiger partial charge in [0.15, 0.2) is 0 Å². The van der Waals surface area contributed by atoms with Gasteiger partial charge in [-0.05, 0) is 25.2 Å². The van der Waals surface area contributed by atoms with Gasteiger partial charge in [0.1, 0.15) is 6.10 Å². The molecule has 3 N–H and O–H groups in total. The van der Waals surface area contributed by atoms with E-state index in [-0.39, 0.29) is 11.3 Å². The minimum atomic E-state index is -1.09. The number of hydrogen-bond acceptors (Lipinski definition) is 3. The van der Waals surface area contributed by atoms with E-state index in [1.165, 1.54) is 0 Å². The standard InChI is InChI=1S/C10H18O3/c1-5(2)10-4-6(10)9(3,13)7(11)8(10)12/h5-8,11-13H,4H2,1-3H3/t6-,7+,8+,9+,10+/m1/s1. The Morgan fingerprint density at radius 1 is 1.23 bits per heavy atom. The van der Waals surface area contributed by atoms with Gasteiger partial charge >= 0.3 is 0 Å². The molecular formula is C10H18O3. The third-order valence-corrected chi connectivity index (χ3v) is 4.28. The number of rotatable bonds is 1. The van der Waals surface area contributed by atoms with Crippen molar-refractivity contribution in [3.8, 4) is 0 Å². The lowest BCUT2D eigenvalue weighted by Crippen LogP contribution is -2.44. The van der Waals surface area contributed by atoms with E-state index in [4.69, 9.17) is 0 Å². The SMILES string of the molecule is CC(C)[C@@]12C[C@@H]1[C@](C)(O)[C@@H](O)[C@@H]2O. The lowest BCUT2D eigenvalue weighted by atomic mass is 9.87. The highest BCUT2D eigenvalue weighted by Crippen LogP contribution is 2.70. The van der Waals surface area contributed by atoms with Crippen LogP contribution in [0.15, 0.2) is 0 Å². The van der Waals surface area contributed by atoms with Crippen LogP contribution in [0.25, 0.3) is 0 Å². The van der Waals surface area contributed by atoms with Crippen molar-refractivity contribution in [1.29, 1.82) is 0 Å². The number of aliphatic hydroxyl groups excluding tert-OH is 2. The monoisotopic (exact) mass is 186 g/mol. The smallest absolute Gasteiger partial charge is 0.109 e. The molecule has 76 valence electrons. The molecular weight excluding hydrogens is 168 g/mol. The predicted octanol–water partition coefficient (Wildman–Crippen LogP) is 0.135. The molecule has 2 fully saturated rings. The fourth-order valence-corrected chi connectivity index (χ4v) is 3.17. The molecule has 13 heavy (non-hydrogen) atoms. The zero-order valence-electron chi connectivity index (χ0n) is 8.36. The highest BCUT2D eigenvalue weighted by molar-refractivity contribution is 5.25. The zero-order valence-corrected chi connectivity index (χ0v) is 8.36. The predicted molar refractivity (Wildman–Crippen MR) is 48.0 cm³/mol. The molecule has 0 aromatic carbocycles. The first-order chi connectivity index (χ1) is 5.85. The topological polar surface area (TPSA) is 60.7 Å². The summed E-state index contributed by atoms with van der Waals surface area (Å²) < 4.78 is 0. The largest absolute Gasteiger partial charge is 0.390 e. The average Bonchev–Trinajstić information content (AvgIpc) is 2.73. The Kier molecular flexibility index (Phi) is 1.65. The van der Waals surface area contributed by atoms with E-state index in [1.807, 2.05) is 13.8 Å². The minimum absolute atomic E-state index is 0.0741. The molecule has 0 spiro atoms. The van der Waals surface area contributed by atoms with E-state index in [9.17, 15) is 15.3 Å². The Labute approximate surface area is 78.4 Å². The van der Waals surface area contributed by atoms with Gasteiger partial charge < -0.3 is 15.3 Å². The summed E-state index contributed by atoms with van der Waals surface area (Å²) in [5.74, 6) is 0.390. The van der Waals surface area contributed by atoms with Gasteiger partial charge in [-0.15, -0.1) is 0 Å². The van der Waals surface area contributed by atoms with E-state index in [1.54, 1.807) is 6.92 Å². The van der Waals surface area contributed by atoms with Crippen LogP contribution in [0.4, 0.5) is 0 Å². The van der Waals surface area contributed by atoms with E-state index < -0.39 is 17.8 Å². The maximum absolute atomic E-state index is 9.95. The van der Waals surface area contributed by atoms with Crippen molar-refractivity contribution < 1.29 is 15.3 Å². The molecule has 2 aliphatic rings. The minimum Gasteiger partial charge on any atom is -0.390 e. The van der Waals surface area contributed by atoms with Gasteiger partial charge in [-0.3, -0.25) is 0 Å². The Morgan fingerprint density at radius 3 is 2.00 bits per heavy atom. The van der Waals surface area contributed by atoms with Crippen LogP contribution < -0.4 is 0 Å². The second-order valence-corrected chi connectivity index (χ2v) is 5.14. The molecule has 0 heterocycles. The van der Waals surface area contributed by atoms with Crippen LogP contribution in [0.1, 0.15) is 27.2 Å². The molecule has 3 heteroatoms. The van der Waals surface area contributed by atoms with Crippen molar-refractivity contribution in [1.82, 2.24) is 0 Å². The van der Waals surface area contributed by atoms with Gasteiger partial charge in [-0.2, -0.15) is 0 Å². The van der Waals surface area contributed by atoms with Crippen LogP contribution in [0.3, 0.4) is 0 Å². The summed E-state index contributed by atoms with van der Waals surface area (Å²) in [6.45, 7) is 5.71. The van der Waals surface area contributed by atoms with Gasteiger partial charge in [0, 0.05) is 5.41 Å². The molecule has 0 aromatic rings. The summed E-state index contributed by atoms with van der Waals surface area (Å²) in [7, 11) is 0. The van der Waals surface area contributed by atoms with Crippen molar-refractivity contribution in [3.63, 3.8) is 0 Å². The first-order valence-corrected chi connectivity index (χ1v) is 4.93. The van der Waals surface area contributed by atoms with Crippen LogP contribution in [0.5, 0.6) is 0 Å². The summed E-state index contributed by atoms with van der Waals surface area (Å²) in [5, 5.41) is 29.4. The van der Waals surface area contributed by atoms with Crippen molar-refractivity contribution in [3.05, 3.63) is 0 Å². The van der Waals surface area contributed by atoms with Crippen LogP contribution >= 0.6 is 0 Å². The summed E-state index contributed by atoms with van der Waals surface area (Å²) in [5.41, 5.74) is -1.31. The first-order valence-electron chi connectivity index (χ1n) is 4.93. The summed E-state index contributed by atoms with van der Waals surface area (Å²) in [6.07, 6.45) is -0.892. The Morgan fingerprint density at radius 2 is 1.77 bits per heavy atom. The molecule has 0 bridgehead atoms. The van der Waals surface area contributed by atoms with Crippen molar-refractivity contribution in [2.24, 2.45) is 17.3 Å². The van der Waals surface area contributed by atoms with Crippen LogP contribution in [-0.2, 0) is 0 Å². The second-order valence-electron chi connectivity index (χ2n) is 5.14. The number of fused-ring (bicyclic) bond motifs is 1. The van der Waals surface area contributed by atoms with E-state index in [0.717, 1.165) is 6.42 Å². The second kappa shape index (κ2) is 2.27. The molecule has 3 nitrogen and oxygen atoms in total. The quantitative estimate of drug-likeness (QED) is 0.545. The van der Waals surface area contributed by atoms with Crippen molar-refractivity contribution in [2.45, 2.75) is 45.0 Å². The average molecular weight is 186 g/mol. The van der Waals surface area contributed by atoms with Crippen LogP contribution in [0, 0.1) is 17.3 Å². The Balaban J connectivity index is 2.32. The molecule has 5 atom stereocenters. The lowest BCUT2D eigenvalue weighted by molar-refractivity contribution is -0.103. The molecule has 0 unspecified atom stereocenters. The van der Waals surface area contributed by atoms with Gasteiger partial charge in [-0.1, -0.05) is 13.8 Å². The van der Waals surface area contributed by atoms with Crippen LogP contribution in [-0.4, -0.2) is 33.1 Å². The number of aliphatic hydroxyl groups is 3. The molecule has 0 saturated heterocycles. The molecule has 2 aliphatic carbocycles. The third-order valence-electron chi connectivity index (χ3n) is 4.28. The summed E-state index contributed by atoms with van der Waals surface area (Å²) >= 11 is 0. The Hall–Kier alpha value is -0.120. The van der Waals surface area contributed by atoms with Gasteiger partial charge in [-0.25, -0.2) is 0 Å². The highest BCUT2D eigenvalue weighted by Gasteiger charge is 2.76. The summed E-state index contributed by atoms with van der Waals surface area (Å²) in [4.78, 5) is 0. The first kappa shape index (κ1) is 9.44. The fourth-order valence-electron chi connectivity index (χ4n) is 3.17. The van der Waals surface area contributed by atoms with Crippen molar-refractivity contribution in [2.75, 3.05) is 0 Å². The van der Waals surface area contributed by atoms with E-state index in [2.05, 4.69) is 0 Å². The third kappa shape index (κ3) is 0.853. The molecule has 0 aromatic heterocycles. The normalized spacial score (nSPS) is 59.8. The van der Waals surface area contributed by atoms with Gasteiger partial charge in [0.25, 0.3) is 0 Å². The maximum Gasteiger partial charge on any atom is 0.109 e. The van der Waals surface area contributed by atoms with Crippen molar-refractivity contribution >= 4 is 0 Å². The lowest BCUT2D eigenvalue weighted by Gasteiger charge is -2.28. The summed E-state index contributed by atoms with van der Waals surface area (Å²) in [6, 6.07) is 0.